The van der Waals surface area contributed by atoms with E-state index in [1.165, 1.54) is 13.2 Å². The Balaban J connectivity index is 2.00. The fourth-order valence-electron chi connectivity index (χ4n) is 3.55. The number of rotatable bonds is 6. The van der Waals surface area contributed by atoms with Crippen LogP contribution in [-0.4, -0.2) is 37.5 Å². The fraction of sp³-hybridized carbons (Fsp3) is 0.407. The molecule has 7 nitrogen and oxygen atoms in total. The van der Waals surface area contributed by atoms with Gasteiger partial charge in [-0.15, -0.1) is 0 Å². The van der Waals surface area contributed by atoms with Crippen LogP contribution >= 0.6 is 0 Å². The minimum atomic E-state index is -4.82. The molecule has 1 fully saturated rings. The Kier molecular flexibility index (Phi) is 8.80. The Labute approximate surface area is 220 Å². The average Bonchev–Trinajstić information content (AvgIpc) is 3.07. The van der Waals surface area contributed by atoms with Crippen molar-refractivity contribution in [1.29, 1.82) is 0 Å². The Bertz CT molecular complexity index is 1220. The molecule has 0 aliphatic carbocycles. The van der Waals surface area contributed by atoms with Gasteiger partial charge in [0.25, 0.3) is 0 Å². The summed E-state index contributed by atoms with van der Waals surface area (Å²) in [4.78, 5) is 23.8. The van der Waals surface area contributed by atoms with E-state index in [1.807, 2.05) is 0 Å². The van der Waals surface area contributed by atoms with Crippen molar-refractivity contribution in [3.05, 3.63) is 59.2 Å². The van der Waals surface area contributed by atoms with E-state index in [0.717, 1.165) is 6.07 Å². The van der Waals surface area contributed by atoms with E-state index in [2.05, 4.69) is 21.9 Å². The number of benzene rings is 2. The summed E-state index contributed by atoms with van der Waals surface area (Å²) in [5.74, 6) is 4.62. The number of ether oxygens (including phenoxy) is 2. The van der Waals surface area contributed by atoms with Gasteiger partial charge in [0.15, 0.2) is 0 Å². The van der Waals surface area contributed by atoms with Crippen LogP contribution in [0.15, 0.2) is 42.5 Å². The predicted molar refractivity (Wildman–Crippen MR) is 136 cm³/mol. The molecule has 1 N–H and O–H groups in total. The van der Waals surface area contributed by atoms with Gasteiger partial charge in [0.2, 0.25) is 0 Å². The SMILES string of the molecule is COC(=O)CCC#Cc1c(B2OC(C)(C)C(C)(C)O2)cc(NC(=O)OCc2ccccc2)cc1C(F)(F)F. The smallest absolute Gasteiger partial charge is 0.469 e. The van der Waals surface area contributed by atoms with Gasteiger partial charge in [-0.1, -0.05) is 42.2 Å². The molecule has 1 aliphatic heterocycles. The maximum absolute atomic E-state index is 14.2. The maximum Gasteiger partial charge on any atom is 0.496 e. The summed E-state index contributed by atoms with van der Waals surface area (Å²) in [5.41, 5.74) is -2.61. The normalized spacial score (nSPS) is 15.8. The van der Waals surface area contributed by atoms with Gasteiger partial charge in [-0.25, -0.2) is 4.79 Å². The summed E-state index contributed by atoms with van der Waals surface area (Å²) in [5, 5.41) is 2.37. The molecule has 1 saturated heterocycles. The third kappa shape index (κ3) is 7.08. The number of halogens is 3. The summed E-state index contributed by atoms with van der Waals surface area (Å²) < 4.78 is 64.4. The van der Waals surface area contributed by atoms with E-state index < -0.39 is 42.1 Å². The summed E-state index contributed by atoms with van der Waals surface area (Å²) in [7, 11) is 0.0119. The lowest BCUT2D eigenvalue weighted by Gasteiger charge is -2.32. The standard InChI is InChI=1S/C27H29BF3NO6/c1-25(2)26(3,4)38-28(37-25)22-16-19(32-24(34)36-17-18-11-7-6-8-12-18)15-21(27(29,30)31)20(22)13-9-10-14-23(33)35-5/h6-8,11-12,15-16H,10,14,17H2,1-5H3,(H,32,34). The number of carbonyl (C=O) groups is 2. The molecule has 2 aromatic carbocycles. The second-order valence-electron chi connectivity index (χ2n) is 9.64. The number of hydrogen-bond acceptors (Lipinski definition) is 6. The van der Waals surface area contributed by atoms with Crippen LogP contribution in [0.3, 0.4) is 0 Å². The number of nitrogens with one attached hydrogen (secondary N) is 1. The number of hydrogen-bond donors (Lipinski definition) is 1. The lowest BCUT2D eigenvalue weighted by molar-refractivity contribution is -0.140. The highest BCUT2D eigenvalue weighted by Gasteiger charge is 2.53. The number of esters is 1. The zero-order valence-corrected chi connectivity index (χ0v) is 21.8. The van der Waals surface area contributed by atoms with Gasteiger partial charge >= 0.3 is 25.4 Å². The molecule has 0 radical (unpaired) electrons. The Morgan fingerprint density at radius 1 is 1.05 bits per heavy atom. The van der Waals surface area contributed by atoms with Crippen LogP contribution in [-0.2, 0) is 36.4 Å². The molecule has 1 heterocycles. The van der Waals surface area contributed by atoms with Crippen LogP contribution in [0.25, 0.3) is 0 Å². The monoisotopic (exact) mass is 531 g/mol. The Morgan fingerprint density at radius 2 is 1.68 bits per heavy atom. The molecular weight excluding hydrogens is 502 g/mol. The van der Waals surface area contributed by atoms with Gasteiger partial charge in [-0.3, -0.25) is 10.1 Å². The second kappa shape index (κ2) is 11.5. The van der Waals surface area contributed by atoms with E-state index in [1.54, 1.807) is 58.0 Å². The molecule has 0 spiro atoms. The molecule has 2 aromatic rings. The van der Waals surface area contributed by atoms with Crippen LogP contribution in [0.5, 0.6) is 0 Å². The highest BCUT2D eigenvalue weighted by Crippen LogP contribution is 2.39. The Hall–Kier alpha value is -3.49. The minimum absolute atomic E-state index is 0.0117. The quantitative estimate of drug-likeness (QED) is 0.319. The molecule has 0 atom stereocenters. The van der Waals surface area contributed by atoms with Crippen LogP contribution in [0.1, 0.15) is 57.2 Å². The van der Waals surface area contributed by atoms with E-state index in [-0.39, 0.29) is 36.2 Å². The van der Waals surface area contributed by atoms with Crippen molar-refractivity contribution in [2.75, 3.05) is 12.4 Å². The number of carbonyl (C=O) groups excluding carboxylic acids is 2. The summed E-state index contributed by atoms with van der Waals surface area (Å²) in [6.45, 7) is 7.00. The van der Waals surface area contributed by atoms with Crippen molar-refractivity contribution in [3.63, 3.8) is 0 Å². The van der Waals surface area contributed by atoms with E-state index in [9.17, 15) is 22.8 Å². The molecule has 0 bridgehead atoms. The van der Waals surface area contributed by atoms with Gasteiger partial charge in [0.05, 0.1) is 30.3 Å². The lowest BCUT2D eigenvalue weighted by Crippen LogP contribution is -2.41. The van der Waals surface area contributed by atoms with Crippen LogP contribution in [0.2, 0.25) is 0 Å². The maximum atomic E-state index is 14.2. The van der Waals surface area contributed by atoms with Gasteiger partial charge in [0.1, 0.15) is 6.61 Å². The fourth-order valence-corrected chi connectivity index (χ4v) is 3.55. The number of alkyl halides is 3. The van der Waals surface area contributed by atoms with Crippen molar-refractivity contribution in [2.24, 2.45) is 0 Å². The third-order valence-corrected chi connectivity index (χ3v) is 6.34. The molecule has 1 amide bonds. The molecule has 202 valence electrons. The number of amides is 1. The van der Waals surface area contributed by atoms with Crippen molar-refractivity contribution in [3.8, 4) is 11.8 Å². The molecule has 3 rings (SSSR count). The second-order valence-corrected chi connectivity index (χ2v) is 9.64. The minimum Gasteiger partial charge on any atom is -0.469 e. The highest BCUT2D eigenvalue weighted by atomic mass is 19.4. The number of anilines is 1. The first-order valence-electron chi connectivity index (χ1n) is 11.9. The zero-order chi connectivity index (χ0) is 28.1. The van der Waals surface area contributed by atoms with E-state index in [0.29, 0.717) is 5.56 Å². The molecular formula is C27H29BF3NO6. The van der Waals surface area contributed by atoms with Crippen molar-refractivity contribution in [2.45, 2.75) is 64.5 Å². The lowest BCUT2D eigenvalue weighted by atomic mass is 9.74. The summed E-state index contributed by atoms with van der Waals surface area (Å²) in [6, 6.07) is 11.0. The molecule has 0 unspecified atom stereocenters. The summed E-state index contributed by atoms with van der Waals surface area (Å²) >= 11 is 0. The molecule has 1 aliphatic rings. The topological polar surface area (TPSA) is 83.1 Å². The average molecular weight is 531 g/mol. The van der Waals surface area contributed by atoms with Gasteiger partial charge in [-0.2, -0.15) is 13.2 Å². The van der Waals surface area contributed by atoms with Crippen molar-refractivity contribution >= 4 is 30.3 Å². The van der Waals surface area contributed by atoms with Crippen LogP contribution in [0.4, 0.5) is 23.7 Å². The first kappa shape index (κ1) is 29.1. The third-order valence-electron chi connectivity index (χ3n) is 6.34. The van der Waals surface area contributed by atoms with Crippen molar-refractivity contribution in [1.82, 2.24) is 0 Å². The molecule has 0 saturated carbocycles. The van der Waals surface area contributed by atoms with E-state index >= 15 is 0 Å². The van der Waals surface area contributed by atoms with Gasteiger partial charge in [-0.05, 0) is 45.4 Å². The van der Waals surface area contributed by atoms with Gasteiger partial charge < -0.3 is 18.8 Å². The Morgan fingerprint density at radius 3 is 2.26 bits per heavy atom. The zero-order valence-electron chi connectivity index (χ0n) is 21.8. The first-order chi connectivity index (χ1) is 17.7. The predicted octanol–water partition coefficient (Wildman–Crippen LogP) is 5.06. The van der Waals surface area contributed by atoms with Crippen LogP contribution < -0.4 is 10.8 Å². The highest BCUT2D eigenvalue weighted by molar-refractivity contribution is 6.63. The molecule has 38 heavy (non-hydrogen) atoms. The molecule has 0 aromatic heterocycles. The largest absolute Gasteiger partial charge is 0.496 e. The number of methoxy groups -OCH3 is 1. The summed E-state index contributed by atoms with van der Waals surface area (Å²) in [6.07, 6.45) is -5.85. The van der Waals surface area contributed by atoms with Crippen molar-refractivity contribution < 1.29 is 41.5 Å². The van der Waals surface area contributed by atoms with Gasteiger partial charge in [0, 0.05) is 23.1 Å². The molecule has 11 heteroatoms. The van der Waals surface area contributed by atoms with Crippen LogP contribution in [0, 0.1) is 11.8 Å². The first-order valence-corrected chi connectivity index (χ1v) is 11.9. The van der Waals surface area contributed by atoms with E-state index in [4.69, 9.17) is 14.0 Å².